The topological polar surface area (TPSA) is 83.8 Å². The molecule has 0 aliphatic rings. The Balaban J connectivity index is 1.95. The van der Waals surface area contributed by atoms with Crippen molar-refractivity contribution in [1.29, 1.82) is 0 Å². The predicted octanol–water partition coefficient (Wildman–Crippen LogP) is 7.09. The minimum absolute atomic E-state index is 0.145. The first-order valence-electron chi connectivity index (χ1n) is 11.7. The SMILES string of the molecule is CCCCCCCCCCOc1ccc(/C=C(/C=C/C(=O)O)c2cccc(C(=O)O)c2)cc1. The summed E-state index contributed by atoms with van der Waals surface area (Å²) in [5, 5.41) is 18.3. The van der Waals surface area contributed by atoms with Gasteiger partial charge in [-0.25, -0.2) is 9.59 Å². The van der Waals surface area contributed by atoms with Crippen LogP contribution in [-0.4, -0.2) is 28.8 Å². The summed E-state index contributed by atoms with van der Waals surface area (Å²) in [4.78, 5) is 22.3. The molecule has 0 aromatic heterocycles. The summed E-state index contributed by atoms with van der Waals surface area (Å²) < 4.78 is 5.84. The average molecular weight is 451 g/mol. The van der Waals surface area contributed by atoms with Crippen molar-refractivity contribution in [3.63, 3.8) is 0 Å². The number of benzene rings is 2. The second-order valence-corrected chi connectivity index (χ2v) is 8.05. The zero-order chi connectivity index (χ0) is 23.9. The second kappa shape index (κ2) is 14.7. The number of hydrogen-bond donors (Lipinski definition) is 2. The van der Waals surface area contributed by atoms with Gasteiger partial charge in [0.25, 0.3) is 0 Å². The molecule has 2 aromatic carbocycles. The van der Waals surface area contributed by atoms with E-state index in [-0.39, 0.29) is 5.56 Å². The molecule has 0 saturated heterocycles. The van der Waals surface area contributed by atoms with Gasteiger partial charge in [0.05, 0.1) is 12.2 Å². The van der Waals surface area contributed by atoms with Gasteiger partial charge in [-0.3, -0.25) is 0 Å². The molecule has 0 heterocycles. The first-order chi connectivity index (χ1) is 16.0. The lowest BCUT2D eigenvalue weighted by Crippen LogP contribution is -1.97. The van der Waals surface area contributed by atoms with Crippen molar-refractivity contribution in [2.24, 2.45) is 0 Å². The maximum atomic E-state index is 11.3. The van der Waals surface area contributed by atoms with Crippen molar-refractivity contribution in [1.82, 2.24) is 0 Å². The van der Waals surface area contributed by atoms with Crippen molar-refractivity contribution in [3.8, 4) is 5.75 Å². The lowest BCUT2D eigenvalue weighted by atomic mass is 10.00. The molecule has 0 aliphatic heterocycles. The Labute approximate surface area is 196 Å². The van der Waals surface area contributed by atoms with Crippen LogP contribution in [0, 0.1) is 0 Å². The summed E-state index contributed by atoms with van der Waals surface area (Å²) in [5.41, 5.74) is 2.24. The lowest BCUT2D eigenvalue weighted by Gasteiger charge is -2.08. The Kier molecular flexibility index (Phi) is 11.5. The molecule has 0 saturated carbocycles. The van der Waals surface area contributed by atoms with Gasteiger partial charge in [-0.2, -0.15) is 0 Å². The molecule has 2 aromatic rings. The van der Waals surface area contributed by atoms with Crippen molar-refractivity contribution in [3.05, 3.63) is 77.4 Å². The summed E-state index contributed by atoms with van der Waals surface area (Å²) in [6.07, 6.45) is 14.4. The molecule has 0 spiro atoms. The molecule has 5 nitrogen and oxygen atoms in total. The van der Waals surface area contributed by atoms with E-state index in [0.29, 0.717) is 17.7 Å². The van der Waals surface area contributed by atoms with Crippen LogP contribution < -0.4 is 4.74 Å². The fourth-order valence-corrected chi connectivity index (χ4v) is 3.49. The van der Waals surface area contributed by atoms with Gasteiger partial charge in [0.15, 0.2) is 0 Å². The molecule has 0 atom stereocenters. The summed E-state index contributed by atoms with van der Waals surface area (Å²) >= 11 is 0. The van der Waals surface area contributed by atoms with E-state index in [1.807, 2.05) is 30.3 Å². The zero-order valence-corrected chi connectivity index (χ0v) is 19.3. The third kappa shape index (κ3) is 10.2. The maximum absolute atomic E-state index is 11.3. The molecule has 0 amide bonds. The zero-order valence-electron chi connectivity index (χ0n) is 19.3. The Morgan fingerprint density at radius 2 is 1.45 bits per heavy atom. The molecule has 33 heavy (non-hydrogen) atoms. The molecule has 5 heteroatoms. The van der Waals surface area contributed by atoms with Crippen molar-refractivity contribution < 1.29 is 24.5 Å². The molecule has 0 bridgehead atoms. The van der Waals surface area contributed by atoms with Crippen LogP contribution >= 0.6 is 0 Å². The van der Waals surface area contributed by atoms with E-state index in [2.05, 4.69) is 6.92 Å². The fraction of sp³-hybridized carbons (Fsp3) is 0.357. The third-order valence-electron chi connectivity index (χ3n) is 5.32. The number of allylic oxidation sites excluding steroid dienone is 2. The van der Waals surface area contributed by atoms with Crippen LogP contribution in [0.25, 0.3) is 11.6 Å². The highest BCUT2D eigenvalue weighted by Crippen LogP contribution is 2.23. The number of unbranched alkanes of at least 4 members (excludes halogenated alkanes) is 7. The van der Waals surface area contributed by atoms with Gasteiger partial charge in [0, 0.05) is 6.08 Å². The van der Waals surface area contributed by atoms with Crippen LogP contribution in [0.2, 0.25) is 0 Å². The highest BCUT2D eigenvalue weighted by atomic mass is 16.5. The monoisotopic (exact) mass is 450 g/mol. The molecule has 2 rings (SSSR count). The van der Waals surface area contributed by atoms with E-state index >= 15 is 0 Å². The van der Waals surface area contributed by atoms with E-state index in [9.17, 15) is 14.7 Å². The van der Waals surface area contributed by atoms with Crippen LogP contribution in [0.4, 0.5) is 0 Å². The number of carboxylic acids is 2. The first kappa shape index (κ1) is 25.9. The molecule has 0 radical (unpaired) electrons. The minimum atomic E-state index is -1.07. The van der Waals surface area contributed by atoms with Crippen LogP contribution in [0.3, 0.4) is 0 Å². The number of carboxylic acid groups (broad SMARTS) is 2. The highest BCUT2D eigenvalue weighted by Gasteiger charge is 2.06. The number of hydrogen-bond acceptors (Lipinski definition) is 3. The summed E-state index contributed by atoms with van der Waals surface area (Å²) in [6.45, 7) is 2.93. The second-order valence-electron chi connectivity index (χ2n) is 8.05. The summed E-state index contributed by atoms with van der Waals surface area (Å²) in [6, 6.07) is 14.0. The summed E-state index contributed by atoms with van der Waals surface area (Å²) in [5.74, 6) is -1.30. The van der Waals surface area contributed by atoms with Gasteiger partial charge in [0.1, 0.15) is 5.75 Å². The minimum Gasteiger partial charge on any atom is -0.494 e. The van der Waals surface area contributed by atoms with E-state index in [1.54, 1.807) is 12.1 Å². The van der Waals surface area contributed by atoms with E-state index in [0.717, 1.165) is 23.8 Å². The maximum Gasteiger partial charge on any atom is 0.335 e. The first-order valence-corrected chi connectivity index (χ1v) is 11.7. The standard InChI is InChI=1S/C28H34O5/c1-2-3-4-5-6-7-8-9-19-33-26-16-13-22(14-17-26)20-24(15-18-27(29)30)23-11-10-12-25(21-23)28(31)32/h10-18,20-21H,2-9,19H2,1H3,(H,29,30)(H,31,32)/b18-15+,24-20-. The molecule has 0 fully saturated rings. The Hall–Kier alpha value is -3.34. The number of aromatic carboxylic acids is 1. The average Bonchev–Trinajstić information content (AvgIpc) is 2.81. The van der Waals surface area contributed by atoms with Crippen molar-refractivity contribution in [2.45, 2.75) is 58.3 Å². The molecule has 2 N–H and O–H groups in total. The third-order valence-corrected chi connectivity index (χ3v) is 5.32. The Morgan fingerprint density at radius 1 is 0.818 bits per heavy atom. The molecule has 176 valence electrons. The normalized spacial score (nSPS) is 11.6. The largest absolute Gasteiger partial charge is 0.494 e. The predicted molar refractivity (Wildman–Crippen MR) is 133 cm³/mol. The number of carbonyl (C=O) groups is 2. The smallest absolute Gasteiger partial charge is 0.335 e. The molecule has 0 unspecified atom stereocenters. The van der Waals surface area contributed by atoms with Gasteiger partial charge in [-0.05, 0) is 59.5 Å². The van der Waals surface area contributed by atoms with Gasteiger partial charge in [-0.1, -0.05) is 76.1 Å². The van der Waals surface area contributed by atoms with Crippen LogP contribution in [0.15, 0.2) is 60.7 Å². The van der Waals surface area contributed by atoms with Gasteiger partial charge >= 0.3 is 11.9 Å². The molecular weight excluding hydrogens is 416 g/mol. The molecule has 0 aliphatic carbocycles. The quantitative estimate of drug-likeness (QED) is 0.131. The fourth-order valence-electron chi connectivity index (χ4n) is 3.49. The summed E-state index contributed by atoms with van der Waals surface area (Å²) in [7, 11) is 0. The van der Waals surface area contributed by atoms with Crippen molar-refractivity contribution >= 4 is 23.6 Å². The Morgan fingerprint density at radius 3 is 2.09 bits per heavy atom. The number of ether oxygens (including phenoxy) is 1. The highest BCUT2D eigenvalue weighted by molar-refractivity contribution is 5.94. The van der Waals surface area contributed by atoms with Crippen LogP contribution in [0.5, 0.6) is 5.75 Å². The number of rotatable bonds is 15. The number of aliphatic carboxylic acids is 1. The molecular formula is C28H34O5. The van der Waals surface area contributed by atoms with E-state index < -0.39 is 11.9 Å². The van der Waals surface area contributed by atoms with E-state index in [4.69, 9.17) is 9.84 Å². The van der Waals surface area contributed by atoms with Crippen LogP contribution in [0.1, 0.15) is 79.8 Å². The van der Waals surface area contributed by atoms with E-state index in [1.165, 1.54) is 63.2 Å². The van der Waals surface area contributed by atoms with Gasteiger partial charge in [0.2, 0.25) is 0 Å². The van der Waals surface area contributed by atoms with Gasteiger partial charge in [-0.15, -0.1) is 0 Å². The van der Waals surface area contributed by atoms with Crippen molar-refractivity contribution in [2.75, 3.05) is 6.61 Å². The lowest BCUT2D eigenvalue weighted by molar-refractivity contribution is -0.131. The van der Waals surface area contributed by atoms with Gasteiger partial charge < -0.3 is 14.9 Å². The Bertz CT molecular complexity index is 941. The van der Waals surface area contributed by atoms with Crippen LogP contribution in [-0.2, 0) is 4.79 Å².